The first kappa shape index (κ1) is 12.0. The fourth-order valence-corrected chi connectivity index (χ4v) is 1.85. The molecule has 0 saturated heterocycles. The summed E-state index contributed by atoms with van der Waals surface area (Å²) in [7, 11) is 1.42. The van der Waals surface area contributed by atoms with Crippen molar-refractivity contribution in [3.63, 3.8) is 0 Å². The van der Waals surface area contributed by atoms with Gasteiger partial charge in [0.2, 0.25) is 5.91 Å². The molecule has 0 fully saturated rings. The lowest BCUT2D eigenvalue weighted by molar-refractivity contribution is -0.114. The number of benzene rings is 1. The molecule has 1 N–H and O–H groups in total. The number of aryl methyl sites for hydroxylation is 1. The SMILES string of the molecule is CC(=O)Nc1cc(S(=O)(=O)Cl)ccc1C. The highest BCUT2D eigenvalue weighted by Gasteiger charge is 2.11. The van der Waals surface area contributed by atoms with Crippen LogP contribution in [0.2, 0.25) is 0 Å². The molecule has 6 heteroatoms. The Bertz CT molecular complexity index is 496. The van der Waals surface area contributed by atoms with Gasteiger partial charge < -0.3 is 5.32 Å². The Balaban J connectivity index is 3.23. The van der Waals surface area contributed by atoms with Gasteiger partial charge in [-0.15, -0.1) is 0 Å². The predicted molar refractivity (Wildman–Crippen MR) is 58.5 cm³/mol. The second-order valence-corrected chi connectivity index (χ2v) is 5.66. The van der Waals surface area contributed by atoms with E-state index < -0.39 is 9.05 Å². The molecular weight excluding hydrogens is 238 g/mol. The summed E-state index contributed by atoms with van der Waals surface area (Å²) in [6.07, 6.45) is 0. The molecule has 1 rings (SSSR count). The molecule has 0 spiro atoms. The van der Waals surface area contributed by atoms with Crippen molar-refractivity contribution in [2.45, 2.75) is 18.7 Å². The van der Waals surface area contributed by atoms with Crippen LogP contribution in [0.25, 0.3) is 0 Å². The van der Waals surface area contributed by atoms with Gasteiger partial charge in [0.1, 0.15) is 0 Å². The average molecular weight is 248 g/mol. The highest BCUT2D eigenvalue weighted by molar-refractivity contribution is 8.13. The van der Waals surface area contributed by atoms with Gasteiger partial charge in [-0.2, -0.15) is 0 Å². The molecule has 0 unspecified atom stereocenters. The Morgan fingerprint density at radius 1 is 1.40 bits per heavy atom. The number of carbonyl (C=O) groups is 1. The molecule has 1 amide bonds. The molecule has 0 aliphatic heterocycles. The molecule has 0 aliphatic carbocycles. The van der Waals surface area contributed by atoms with Crippen molar-refractivity contribution in [2.24, 2.45) is 0 Å². The third kappa shape index (κ3) is 3.21. The smallest absolute Gasteiger partial charge is 0.261 e. The van der Waals surface area contributed by atoms with Gasteiger partial charge >= 0.3 is 0 Å². The number of hydrogen-bond acceptors (Lipinski definition) is 3. The first-order valence-corrected chi connectivity index (χ1v) is 6.44. The first-order chi connectivity index (χ1) is 6.80. The van der Waals surface area contributed by atoms with Crippen LogP contribution >= 0.6 is 10.7 Å². The Morgan fingerprint density at radius 2 is 2.00 bits per heavy atom. The predicted octanol–water partition coefficient (Wildman–Crippen LogP) is 1.88. The molecule has 82 valence electrons. The summed E-state index contributed by atoms with van der Waals surface area (Å²) >= 11 is 0. The second kappa shape index (κ2) is 4.20. The fraction of sp³-hybridized carbons (Fsp3) is 0.222. The molecule has 4 nitrogen and oxygen atoms in total. The van der Waals surface area contributed by atoms with Gasteiger partial charge in [-0.25, -0.2) is 8.42 Å². The lowest BCUT2D eigenvalue weighted by Gasteiger charge is -2.07. The number of nitrogens with one attached hydrogen (secondary N) is 1. The highest BCUT2D eigenvalue weighted by Crippen LogP contribution is 2.22. The van der Waals surface area contributed by atoms with Crippen molar-refractivity contribution in [3.8, 4) is 0 Å². The molecule has 0 heterocycles. The maximum Gasteiger partial charge on any atom is 0.261 e. The van der Waals surface area contributed by atoms with Crippen molar-refractivity contribution in [2.75, 3.05) is 5.32 Å². The van der Waals surface area contributed by atoms with Gasteiger partial charge in [-0.1, -0.05) is 6.07 Å². The Morgan fingerprint density at radius 3 is 2.47 bits per heavy atom. The third-order valence-electron chi connectivity index (χ3n) is 1.80. The summed E-state index contributed by atoms with van der Waals surface area (Å²) in [6, 6.07) is 4.31. The van der Waals surface area contributed by atoms with E-state index in [-0.39, 0.29) is 10.8 Å². The van der Waals surface area contributed by atoms with Crippen molar-refractivity contribution in [1.29, 1.82) is 0 Å². The minimum atomic E-state index is -3.76. The molecule has 0 aliphatic rings. The van der Waals surface area contributed by atoms with Crippen LogP contribution < -0.4 is 5.32 Å². The number of hydrogen-bond donors (Lipinski definition) is 1. The molecular formula is C9H10ClNO3S. The highest BCUT2D eigenvalue weighted by atomic mass is 35.7. The minimum Gasteiger partial charge on any atom is -0.326 e. The Hall–Kier alpha value is -1.07. The topological polar surface area (TPSA) is 63.2 Å². The van der Waals surface area contributed by atoms with Crippen LogP contribution in [-0.4, -0.2) is 14.3 Å². The molecule has 0 atom stereocenters. The first-order valence-electron chi connectivity index (χ1n) is 4.13. The number of carbonyl (C=O) groups excluding carboxylic acids is 1. The van der Waals surface area contributed by atoms with Crippen LogP contribution in [0.1, 0.15) is 12.5 Å². The summed E-state index contributed by atoms with van der Waals surface area (Å²) in [5.41, 5.74) is 1.22. The van der Waals surface area contributed by atoms with Crippen LogP contribution in [0.15, 0.2) is 23.1 Å². The molecule has 0 aromatic heterocycles. The van der Waals surface area contributed by atoms with Crippen LogP contribution in [0.5, 0.6) is 0 Å². The normalized spacial score (nSPS) is 11.1. The maximum absolute atomic E-state index is 11.0. The standard InChI is InChI=1S/C9H10ClNO3S/c1-6-3-4-8(15(10,13)14)5-9(6)11-7(2)12/h3-5H,1-2H3,(H,11,12). The summed E-state index contributed by atoms with van der Waals surface area (Å²) in [6.45, 7) is 3.11. The lowest BCUT2D eigenvalue weighted by atomic mass is 10.2. The van der Waals surface area contributed by atoms with Crippen molar-refractivity contribution in [3.05, 3.63) is 23.8 Å². The van der Waals surface area contributed by atoms with Crippen LogP contribution in [0, 0.1) is 6.92 Å². The largest absolute Gasteiger partial charge is 0.326 e. The van der Waals surface area contributed by atoms with Crippen LogP contribution in [-0.2, 0) is 13.8 Å². The van der Waals surface area contributed by atoms with E-state index in [1.54, 1.807) is 13.0 Å². The lowest BCUT2D eigenvalue weighted by Crippen LogP contribution is -2.07. The zero-order chi connectivity index (χ0) is 11.6. The van der Waals surface area contributed by atoms with Crippen LogP contribution in [0.4, 0.5) is 5.69 Å². The van der Waals surface area contributed by atoms with Crippen LogP contribution in [0.3, 0.4) is 0 Å². The molecule has 1 aromatic carbocycles. The van der Waals surface area contributed by atoms with E-state index in [2.05, 4.69) is 5.32 Å². The summed E-state index contributed by atoms with van der Waals surface area (Å²) in [4.78, 5) is 10.8. The van der Waals surface area contributed by atoms with E-state index >= 15 is 0 Å². The van der Waals surface area contributed by atoms with E-state index in [4.69, 9.17) is 10.7 Å². The molecule has 0 saturated carbocycles. The van der Waals surface area contributed by atoms with Crippen molar-refractivity contribution < 1.29 is 13.2 Å². The van der Waals surface area contributed by atoms with Crippen molar-refractivity contribution >= 4 is 31.3 Å². The van der Waals surface area contributed by atoms with E-state index in [0.29, 0.717) is 5.69 Å². The quantitative estimate of drug-likeness (QED) is 0.812. The van der Waals surface area contributed by atoms with Crippen molar-refractivity contribution in [1.82, 2.24) is 0 Å². The van der Waals surface area contributed by atoms with E-state index in [1.165, 1.54) is 19.1 Å². The zero-order valence-electron chi connectivity index (χ0n) is 8.24. The van der Waals surface area contributed by atoms with Gasteiger partial charge in [0.05, 0.1) is 4.90 Å². The van der Waals surface area contributed by atoms with Gasteiger partial charge in [-0.3, -0.25) is 4.79 Å². The molecule has 1 aromatic rings. The molecule has 0 bridgehead atoms. The maximum atomic E-state index is 11.0. The fourth-order valence-electron chi connectivity index (χ4n) is 1.08. The summed E-state index contributed by atoms with van der Waals surface area (Å²) in [5.74, 6) is -0.262. The Labute approximate surface area is 92.7 Å². The van der Waals surface area contributed by atoms with Gasteiger partial charge in [-0.05, 0) is 24.6 Å². The molecule has 15 heavy (non-hydrogen) atoms. The zero-order valence-corrected chi connectivity index (χ0v) is 9.82. The Kier molecular flexibility index (Phi) is 3.36. The van der Waals surface area contributed by atoms with E-state index in [9.17, 15) is 13.2 Å². The number of halogens is 1. The van der Waals surface area contributed by atoms with Gasteiger partial charge in [0.25, 0.3) is 9.05 Å². The monoisotopic (exact) mass is 247 g/mol. The van der Waals surface area contributed by atoms with E-state index in [1.807, 2.05) is 0 Å². The second-order valence-electron chi connectivity index (χ2n) is 3.10. The summed E-state index contributed by atoms with van der Waals surface area (Å²) < 4.78 is 22.1. The third-order valence-corrected chi connectivity index (χ3v) is 3.15. The average Bonchev–Trinajstić information content (AvgIpc) is 2.06. The van der Waals surface area contributed by atoms with Gasteiger partial charge in [0.15, 0.2) is 0 Å². The van der Waals surface area contributed by atoms with E-state index in [0.717, 1.165) is 5.56 Å². The van der Waals surface area contributed by atoms with Gasteiger partial charge in [0, 0.05) is 23.3 Å². The molecule has 0 radical (unpaired) electrons. The number of rotatable bonds is 2. The number of anilines is 1. The summed E-state index contributed by atoms with van der Waals surface area (Å²) in [5, 5.41) is 2.52. The number of amides is 1. The minimum absolute atomic E-state index is 0.0292.